The number of esters is 1. The summed E-state index contributed by atoms with van der Waals surface area (Å²) in [6.07, 6.45) is 7.33. The molecule has 0 saturated carbocycles. The zero-order chi connectivity index (χ0) is 24.9. The number of benzene rings is 3. The van der Waals surface area contributed by atoms with E-state index in [9.17, 15) is 4.79 Å². The molecule has 0 saturated heterocycles. The average molecular weight is 479 g/mol. The van der Waals surface area contributed by atoms with E-state index in [1.165, 1.54) is 33.9 Å². The molecule has 0 aromatic heterocycles. The van der Waals surface area contributed by atoms with Crippen molar-refractivity contribution in [2.75, 3.05) is 19.8 Å². The van der Waals surface area contributed by atoms with Gasteiger partial charge in [-0.15, -0.1) is 0 Å². The number of ether oxygens (including phenoxy) is 3. The highest BCUT2D eigenvalue weighted by Crippen LogP contribution is 2.42. The average Bonchev–Trinajstić information content (AvgIpc) is 3.34. The van der Waals surface area contributed by atoms with E-state index < -0.39 is 0 Å². The van der Waals surface area contributed by atoms with E-state index in [1.54, 1.807) is 13.0 Å². The molecule has 1 aliphatic heterocycles. The van der Waals surface area contributed by atoms with Crippen molar-refractivity contribution in [3.63, 3.8) is 0 Å². The van der Waals surface area contributed by atoms with Crippen LogP contribution in [0.3, 0.4) is 0 Å². The maximum atomic E-state index is 11.7. The number of allylic oxidation sites excluding steroid dienone is 3. The molecule has 4 heteroatoms. The van der Waals surface area contributed by atoms with Gasteiger partial charge in [0.25, 0.3) is 0 Å². The van der Waals surface area contributed by atoms with Gasteiger partial charge in [-0.25, -0.2) is 4.79 Å². The first-order chi connectivity index (χ1) is 17.7. The molecule has 3 aromatic carbocycles. The van der Waals surface area contributed by atoms with E-state index in [2.05, 4.69) is 61.5 Å². The van der Waals surface area contributed by atoms with E-state index >= 15 is 0 Å². The lowest BCUT2D eigenvalue weighted by molar-refractivity contribution is -0.137. The molecule has 0 unspecified atom stereocenters. The minimum Gasteiger partial charge on any atom is -0.486 e. The summed E-state index contributed by atoms with van der Waals surface area (Å²) in [5.41, 5.74) is 9.67. The van der Waals surface area contributed by atoms with Crippen LogP contribution in [0.5, 0.6) is 11.5 Å². The van der Waals surface area contributed by atoms with Crippen LogP contribution in [0, 0.1) is 0 Å². The zero-order valence-corrected chi connectivity index (χ0v) is 20.8. The molecule has 4 nitrogen and oxygen atoms in total. The Morgan fingerprint density at radius 1 is 0.917 bits per heavy atom. The van der Waals surface area contributed by atoms with Crippen LogP contribution < -0.4 is 9.47 Å². The van der Waals surface area contributed by atoms with E-state index in [0.717, 1.165) is 41.0 Å². The smallest absolute Gasteiger partial charge is 0.330 e. The molecule has 182 valence electrons. The van der Waals surface area contributed by atoms with E-state index in [0.29, 0.717) is 19.8 Å². The van der Waals surface area contributed by atoms with Gasteiger partial charge >= 0.3 is 5.97 Å². The molecule has 1 aliphatic carbocycles. The van der Waals surface area contributed by atoms with Crippen LogP contribution in [0.2, 0.25) is 0 Å². The number of rotatable bonds is 7. The van der Waals surface area contributed by atoms with Crippen LogP contribution in [-0.4, -0.2) is 25.8 Å². The molecule has 2 aliphatic rings. The Hall–Kier alpha value is -4.05. The highest BCUT2D eigenvalue weighted by Gasteiger charge is 2.22. The molecule has 36 heavy (non-hydrogen) atoms. The highest BCUT2D eigenvalue weighted by molar-refractivity contribution is 6.02. The summed E-state index contributed by atoms with van der Waals surface area (Å²) >= 11 is 0. The lowest BCUT2D eigenvalue weighted by atomic mass is 9.86. The normalized spacial score (nSPS) is 14.8. The summed E-state index contributed by atoms with van der Waals surface area (Å²) < 4.78 is 16.6. The van der Waals surface area contributed by atoms with Crippen molar-refractivity contribution in [2.45, 2.75) is 26.7 Å². The molecule has 0 atom stereocenters. The molecule has 0 spiro atoms. The maximum absolute atomic E-state index is 11.7. The van der Waals surface area contributed by atoms with Crippen molar-refractivity contribution in [3.05, 3.63) is 106 Å². The first kappa shape index (κ1) is 23.7. The number of hydrogen-bond acceptors (Lipinski definition) is 4. The quantitative estimate of drug-likeness (QED) is 0.208. The molecule has 0 fully saturated rings. The minimum atomic E-state index is -0.331. The van der Waals surface area contributed by atoms with Crippen molar-refractivity contribution >= 4 is 29.3 Å². The fourth-order valence-electron chi connectivity index (χ4n) is 4.87. The Kier molecular flexibility index (Phi) is 7.03. The lowest BCUT2D eigenvalue weighted by Crippen LogP contribution is -2.15. The third kappa shape index (κ3) is 4.99. The number of carbonyl (C=O) groups is 1. The molecule has 5 rings (SSSR count). The largest absolute Gasteiger partial charge is 0.486 e. The van der Waals surface area contributed by atoms with Gasteiger partial charge in [-0.3, -0.25) is 0 Å². The number of fused-ring (bicyclic) bond motifs is 2. The van der Waals surface area contributed by atoms with Crippen molar-refractivity contribution in [1.82, 2.24) is 0 Å². The first-order valence-corrected chi connectivity index (χ1v) is 12.5. The van der Waals surface area contributed by atoms with Crippen molar-refractivity contribution in [1.29, 1.82) is 0 Å². The predicted octanol–water partition coefficient (Wildman–Crippen LogP) is 6.99. The van der Waals surface area contributed by atoms with Gasteiger partial charge in [0.15, 0.2) is 11.5 Å². The summed E-state index contributed by atoms with van der Waals surface area (Å²) in [5.74, 6) is 1.27. The van der Waals surface area contributed by atoms with Crippen LogP contribution in [0.25, 0.3) is 23.3 Å². The Labute approximate surface area is 212 Å². The summed E-state index contributed by atoms with van der Waals surface area (Å²) in [4.78, 5) is 11.7. The second-order valence-corrected chi connectivity index (χ2v) is 8.82. The molecular formula is C32H30O4. The fraction of sp³-hybridized carbons (Fsp3) is 0.219. The predicted molar refractivity (Wildman–Crippen MR) is 145 cm³/mol. The second-order valence-electron chi connectivity index (χ2n) is 8.82. The third-order valence-electron chi connectivity index (χ3n) is 6.53. The van der Waals surface area contributed by atoms with Crippen LogP contribution in [-0.2, 0) is 16.0 Å². The van der Waals surface area contributed by atoms with Gasteiger partial charge in [0, 0.05) is 6.08 Å². The monoisotopic (exact) mass is 478 g/mol. The Morgan fingerprint density at radius 3 is 2.42 bits per heavy atom. The maximum Gasteiger partial charge on any atom is 0.330 e. The topological polar surface area (TPSA) is 44.8 Å². The molecule has 3 aromatic rings. The van der Waals surface area contributed by atoms with Crippen LogP contribution in [0.15, 0.2) is 78.4 Å². The fourth-order valence-corrected chi connectivity index (χ4v) is 4.87. The number of hydrogen-bond donors (Lipinski definition) is 0. The molecule has 0 N–H and O–H groups in total. The Morgan fingerprint density at radius 2 is 1.67 bits per heavy atom. The first-order valence-electron chi connectivity index (χ1n) is 12.5. The molecule has 0 radical (unpaired) electrons. The van der Waals surface area contributed by atoms with Gasteiger partial charge in [-0.2, -0.15) is 0 Å². The van der Waals surface area contributed by atoms with Crippen molar-refractivity contribution < 1.29 is 19.0 Å². The van der Waals surface area contributed by atoms with Gasteiger partial charge in [0.1, 0.15) is 13.2 Å². The van der Waals surface area contributed by atoms with E-state index in [-0.39, 0.29) is 5.97 Å². The van der Waals surface area contributed by atoms with Gasteiger partial charge in [0.2, 0.25) is 0 Å². The highest BCUT2D eigenvalue weighted by atomic mass is 16.6. The number of carbonyl (C=O) groups excluding carboxylic acids is 1. The van der Waals surface area contributed by atoms with E-state index in [4.69, 9.17) is 14.2 Å². The van der Waals surface area contributed by atoms with Gasteiger partial charge < -0.3 is 14.2 Å². The third-order valence-corrected chi connectivity index (χ3v) is 6.53. The van der Waals surface area contributed by atoms with Crippen LogP contribution >= 0.6 is 0 Å². The summed E-state index contributed by atoms with van der Waals surface area (Å²) in [5, 5.41) is 0. The molecular weight excluding hydrogens is 448 g/mol. The van der Waals surface area contributed by atoms with Crippen LogP contribution in [0.4, 0.5) is 0 Å². The summed E-state index contributed by atoms with van der Waals surface area (Å²) in [6.45, 7) is 5.52. The minimum absolute atomic E-state index is 0.331. The molecule has 1 heterocycles. The van der Waals surface area contributed by atoms with Crippen molar-refractivity contribution in [2.24, 2.45) is 0 Å². The zero-order valence-electron chi connectivity index (χ0n) is 20.8. The SMILES string of the molecule is CCOC(=O)/C=C/c1ccc(/C(C2=Cc3ccccc3C2)=C(/CC)c2ccc3c(c2)OCCO3)cc1. The second kappa shape index (κ2) is 10.7. The van der Waals surface area contributed by atoms with Gasteiger partial charge in [-0.05, 0) is 82.5 Å². The van der Waals surface area contributed by atoms with Gasteiger partial charge in [0.05, 0.1) is 6.61 Å². The van der Waals surface area contributed by atoms with E-state index in [1.807, 2.05) is 18.2 Å². The van der Waals surface area contributed by atoms with Gasteiger partial charge in [-0.1, -0.05) is 67.6 Å². The molecule has 0 amide bonds. The van der Waals surface area contributed by atoms with Crippen molar-refractivity contribution in [3.8, 4) is 11.5 Å². The summed E-state index contributed by atoms with van der Waals surface area (Å²) in [6, 6.07) is 23.2. The lowest BCUT2D eigenvalue weighted by Gasteiger charge is -2.21. The standard InChI is InChI=1S/C32H30O4/c1-3-28(26-14-15-29-30(21-26)36-18-17-35-29)32(27-19-24-7-5-6-8-25(24)20-27)23-12-9-22(10-13-23)11-16-31(33)34-4-2/h5-16,19,21H,3-4,17-18,20H2,1-2H3/b16-11+,32-28+. The van der Waals surface area contributed by atoms with Crippen LogP contribution in [0.1, 0.15) is 48.1 Å². The Bertz CT molecular complexity index is 1360. The molecule has 0 bridgehead atoms. The Balaban J connectivity index is 1.58. The summed E-state index contributed by atoms with van der Waals surface area (Å²) in [7, 11) is 0.